The summed E-state index contributed by atoms with van der Waals surface area (Å²) in [5.74, 6) is -0.545. The summed E-state index contributed by atoms with van der Waals surface area (Å²) in [6.45, 7) is 1.92. The van der Waals surface area contributed by atoms with E-state index >= 15 is 0 Å². The van der Waals surface area contributed by atoms with Crippen LogP contribution in [0.15, 0.2) is 77.8 Å². The van der Waals surface area contributed by atoms with Crippen molar-refractivity contribution in [1.29, 1.82) is 0 Å². The van der Waals surface area contributed by atoms with Crippen molar-refractivity contribution in [2.45, 2.75) is 18.2 Å². The highest BCUT2D eigenvalue weighted by Crippen LogP contribution is 2.28. The van der Waals surface area contributed by atoms with Crippen LogP contribution in [0, 0.1) is 6.92 Å². The fourth-order valence-electron chi connectivity index (χ4n) is 3.46. The zero-order valence-corrected chi connectivity index (χ0v) is 17.8. The molecule has 5 nitrogen and oxygen atoms in total. The highest BCUT2D eigenvalue weighted by Gasteiger charge is 2.23. The van der Waals surface area contributed by atoms with Crippen LogP contribution in [0.1, 0.15) is 27.3 Å². The predicted octanol–water partition coefficient (Wildman–Crippen LogP) is 4.59. The van der Waals surface area contributed by atoms with Crippen molar-refractivity contribution in [3.05, 3.63) is 95.4 Å². The number of halogens is 1. The van der Waals surface area contributed by atoms with Crippen LogP contribution in [-0.2, 0) is 16.4 Å². The number of aryl methyl sites for hydroxylation is 1. The third kappa shape index (κ3) is 3.76. The summed E-state index contributed by atoms with van der Waals surface area (Å²) in [7, 11) is -3.88. The third-order valence-electron chi connectivity index (χ3n) is 4.89. The van der Waals surface area contributed by atoms with Crippen molar-refractivity contribution in [2.24, 2.45) is 0 Å². The lowest BCUT2D eigenvalue weighted by molar-refractivity contribution is 0.102. The number of alkyl halides is 1. The van der Waals surface area contributed by atoms with Crippen LogP contribution in [0.4, 0.5) is 0 Å². The molecule has 0 saturated heterocycles. The first kappa shape index (κ1) is 20.3. The molecule has 2 heterocycles. The number of carbonyl (C=O) groups excluding carboxylic acids is 1. The van der Waals surface area contributed by atoms with Gasteiger partial charge in [0, 0.05) is 35.0 Å². The zero-order valence-electron chi connectivity index (χ0n) is 16.2. The van der Waals surface area contributed by atoms with E-state index in [-0.39, 0.29) is 16.6 Å². The highest BCUT2D eigenvalue weighted by molar-refractivity contribution is 7.90. The normalized spacial score (nSPS) is 11.7. The van der Waals surface area contributed by atoms with Crippen molar-refractivity contribution in [2.75, 3.05) is 5.88 Å². The van der Waals surface area contributed by atoms with E-state index in [1.54, 1.807) is 30.3 Å². The van der Waals surface area contributed by atoms with Gasteiger partial charge in [-0.2, -0.15) is 0 Å². The monoisotopic (exact) mass is 438 g/mol. The molecular weight excluding hydrogens is 420 g/mol. The van der Waals surface area contributed by atoms with Gasteiger partial charge in [-0.15, -0.1) is 11.6 Å². The lowest BCUT2D eigenvalue weighted by Crippen LogP contribution is -2.12. The Labute approximate surface area is 180 Å². The molecule has 0 bridgehead atoms. The number of nitrogens with zero attached hydrogens (tertiary/aromatic N) is 2. The van der Waals surface area contributed by atoms with E-state index in [4.69, 9.17) is 11.6 Å². The molecule has 0 amide bonds. The smallest absolute Gasteiger partial charge is 0.268 e. The molecule has 152 valence electrons. The fraction of sp³-hybridized carbons (Fsp3) is 0.130. The molecule has 0 unspecified atom stereocenters. The molecule has 4 rings (SSSR count). The van der Waals surface area contributed by atoms with E-state index in [2.05, 4.69) is 4.98 Å². The Morgan fingerprint density at radius 1 is 1.03 bits per heavy atom. The highest BCUT2D eigenvalue weighted by atomic mass is 35.5. The second kappa shape index (κ2) is 8.05. The Morgan fingerprint density at radius 2 is 1.80 bits per heavy atom. The maximum atomic E-state index is 13.3. The van der Waals surface area contributed by atoms with E-state index in [0.717, 1.165) is 17.0 Å². The molecule has 4 aromatic rings. The maximum Gasteiger partial charge on any atom is 0.268 e. The van der Waals surface area contributed by atoms with Crippen molar-refractivity contribution in [1.82, 2.24) is 8.96 Å². The summed E-state index contributed by atoms with van der Waals surface area (Å²) >= 11 is 5.76. The largest absolute Gasteiger partial charge is 0.293 e. The summed E-state index contributed by atoms with van der Waals surface area (Å²) in [5, 5.41) is 0.557. The Bertz CT molecular complexity index is 1350. The summed E-state index contributed by atoms with van der Waals surface area (Å²) < 4.78 is 27.8. The number of ketones is 1. The van der Waals surface area contributed by atoms with Crippen molar-refractivity contribution < 1.29 is 13.2 Å². The SMILES string of the molecule is Cc1cccc(Cc2ccc3c(C(=O)CCl)cn(S(=O)(=O)c4ccccc4)c3c2)n1. The average molecular weight is 439 g/mol. The molecule has 2 aromatic carbocycles. The minimum atomic E-state index is -3.88. The van der Waals surface area contributed by atoms with Crippen LogP contribution in [0.2, 0.25) is 0 Å². The van der Waals surface area contributed by atoms with Crippen LogP contribution >= 0.6 is 11.6 Å². The third-order valence-corrected chi connectivity index (χ3v) is 6.82. The van der Waals surface area contributed by atoms with Crippen molar-refractivity contribution in [3.63, 3.8) is 0 Å². The van der Waals surface area contributed by atoms with Gasteiger partial charge < -0.3 is 0 Å². The second-order valence-corrected chi connectivity index (χ2v) is 9.09. The van der Waals surface area contributed by atoms with E-state index in [1.165, 1.54) is 22.3 Å². The first-order chi connectivity index (χ1) is 14.4. The Balaban J connectivity index is 1.89. The summed E-state index contributed by atoms with van der Waals surface area (Å²) in [5.41, 5.74) is 3.43. The predicted molar refractivity (Wildman–Crippen MR) is 118 cm³/mol. The van der Waals surface area contributed by atoms with Gasteiger partial charge in [0.05, 0.1) is 16.3 Å². The van der Waals surface area contributed by atoms with E-state index < -0.39 is 10.0 Å². The number of aromatic nitrogens is 2. The number of rotatable bonds is 6. The lowest BCUT2D eigenvalue weighted by Gasteiger charge is -2.09. The summed E-state index contributed by atoms with van der Waals surface area (Å²) in [6.07, 6.45) is 1.92. The molecule has 0 N–H and O–H groups in total. The van der Waals surface area contributed by atoms with Gasteiger partial charge in [0.25, 0.3) is 10.0 Å². The molecule has 0 fully saturated rings. The van der Waals surface area contributed by atoms with Crippen molar-refractivity contribution in [3.8, 4) is 0 Å². The van der Waals surface area contributed by atoms with Gasteiger partial charge in [-0.25, -0.2) is 12.4 Å². The first-order valence-corrected chi connectivity index (χ1v) is 11.3. The molecule has 0 aliphatic rings. The van der Waals surface area contributed by atoms with Gasteiger partial charge in [-0.3, -0.25) is 9.78 Å². The second-order valence-electron chi connectivity index (χ2n) is 7.01. The minimum Gasteiger partial charge on any atom is -0.293 e. The number of benzene rings is 2. The quantitative estimate of drug-likeness (QED) is 0.326. The number of fused-ring (bicyclic) bond motifs is 1. The number of Topliss-reactive ketones (excluding diaryl/α,β-unsaturated/α-hetero) is 1. The van der Waals surface area contributed by atoms with E-state index in [0.29, 0.717) is 22.9 Å². The van der Waals surface area contributed by atoms with Gasteiger partial charge in [0.1, 0.15) is 0 Å². The van der Waals surface area contributed by atoms with Gasteiger partial charge in [-0.1, -0.05) is 36.4 Å². The van der Waals surface area contributed by atoms with Crippen LogP contribution in [0.3, 0.4) is 0 Å². The van der Waals surface area contributed by atoms with Crippen LogP contribution < -0.4 is 0 Å². The molecular formula is C23H19ClN2O3S. The topological polar surface area (TPSA) is 69.0 Å². The lowest BCUT2D eigenvalue weighted by atomic mass is 10.0. The fourth-order valence-corrected chi connectivity index (χ4v) is 4.99. The van der Waals surface area contributed by atoms with Gasteiger partial charge >= 0.3 is 0 Å². The van der Waals surface area contributed by atoms with Gasteiger partial charge in [0.2, 0.25) is 0 Å². The van der Waals surface area contributed by atoms with Crippen LogP contribution in [0.25, 0.3) is 10.9 Å². The van der Waals surface area contributed by atoms with Crippen molar-refractivity contribution >= 4 is 38.3 Å². The minimum absolute atomic E-state index is 0.150. The van der Waals surface area contributed by atoms with Crippen LogP contribution in [-0.4, -0.2) is 29.0 Å². The maximum absolute atomic E-state index is 13.3. The molecule has 0 aliphatic carbocycles. The first-order valence-electron chi connectivity index (χ1n) is 9.36. The van der Waals surface area contributed by atoms with Gasteiger partial charge in [0.15, 0.2) is 5.78 Å². The number of pyridine rings is 1. The summed E-state index contributed by atoms with van der Waals surface area (Å²) in [4.78, 5) is 17.0. The Kier molecular flexibility index (Phi) is 5.45. The van der Waals surface area contributed by atoms with Gasteiger partial charge in [-0.05, 0) is 42.8 Å². The number of hydrogen-bond donors (Lipinski definition) is 0. The Hall–Kier alpha value is -2.96. The number of hydrogen-bond acceptors (Lipinski definition) is 4. The molecule has 0 spiro atoms. The molecule has 0 radical (unpaired) electrons. The number of carbonyl (C=O) groups is 1. The molecule has 2 aromatic heterocycles. The van der Waals surface area contributed by atoms with Crippen LogP contribution in [0.5, 0.6) is 0 Å². The summed E-state index contributed by atoms with van der Waals surface area (Å²) in [6, 6.07) is 19.4. The van der Waals surface area contributed by atoms with E-state index in [1.807, 2.05) is 31.2 Å². The molecule has 0 aliphatic heterocycles. The molecule has 30 heavy (non-hydrogen) atoms. The molecule has 0 atom stereocenters. The molecule has 0 saturated carbocycles. The Morgan fingerprint density at radius 3 is 2.50 bits per heavy atom. The van der Waals surface area contributed by atoms with E-state index in [9.17, 15) is 13.2 Å². The molecule has 7 heteroatoms. The zero-order chi connectivity index (χ0) is 21.3. The average Bonchev–Trinajstić information content (AvgIpc) is 3.13. The standard InChI is InChI=1S/C23H19ClN2O3S/c1-16-6-5-7-18(25-16)12-17-10-11-20-21(23(27)14-24)15-26(22(20)13-17)30(28,29)19-8-3-2-4-9-19/h2-11,13,15H,12,14H2,1H3.